The van der Waals surface area contributed by atoms with Gasteiger partial charge in [0.05, 0.1) is 5.69 Å². The molecule has 1 saturated heterocycles. The molecule has 6 nitrogen and oxygen atoms in total. The first-order valence-electron chi connectivity index (χ1n) is 10.1. The third kappa shape index (κ3) is 5.79. The quantitative estimate of drug-likeness (QED) is 0.657. The first-order valence-corrected chi connectivity index (χ1v) is 10.9. The summed E-state index contributed by atoms with van der Waals surface area (Å²) < 4.78 is 11.2. The van der Waals surface area contributed by atoms with Crippen LogP contribution in [0.2, 0.25) is 0 Å². The number of carbonyl (C=O) groups is 2. The largest absolute Gasteiger partial charge is 0.486 e. The molecule has 1 amide bonds. The number of ether oxygens (including phenoxy) is 2. The minimum atomic E-state index is -0.797. The Balaban J connectivity index is 1.57. The van der Waals surface area contributed by atoms with E-state index in [1.807, 2.05) is 36.1 Å². The van der Waals surface area contributed by atoms with Gasteiger partial charge in [-0.2, -0.15) is 0 Å². The molecule has 2 heterocycles. The first-order chi connectivity index (χ1) is 13.9. The minimum absolute atomic E-state index is 0.120. The molecular weight excluding hydrogens is 388 g/mol. The predicted octanol–water partition coefficient (Wildman–Crippen LogP) is 4.29. The number of hydrogen-bond donors (Lipinski definition) is 0. The number of esters is 1. The molecule has 29 heavy (non-hydrogen) atoms. The van der Waals surface area contributed by atoms with Crippen LogP contribution in [0.4, 0.5) is 0 Å². The summed E-state index contributed by atoms with van der Waals surface area (Å²) in [6.45, 7) is 7.18. The summed E-state index contributed by atoms with van der Waals surface area (Å²) in [4.78, 5) is 31.8. The van der Waals surface area contributed by atoms with Crippen molar-refractivity contribution in [3.8, 4) is 5.75 Å². The summed E-state index contributed by atoms with van der Waals surface area (Å²) in [5.74, 6) is 0.131. The Bertz CT molecular complexity index is 839. The molecule has 0 unspecified atom stereocenters. The summed E-state index contributed by atoms with van der Waals surface area (Å²) in [6, 6.07) is 7.77. The number of nitrogens with zero attached hydrogens (tertiary/aromatic N) is 2. The van der Waals surface area contributed by atoms with Crippen LogP contribution in [0.25, 0.3) is 0 Å². The molecule has 0 N–H and O–H groups in total. The molecule has 0 aliphatic carbocycles. The Morgan fingerprint density at radius 3 is 2.41 bits per heavy atom. The Hall–Kier alpha value is -2.41. The average Bonchev–Trinajstić information content (AvgIpc) is 2.90. The zero-order chi connectivity index (χ0) is 20.8. The van der Waals surface area contributed by atoms with E-state index in [0.717, 1.165) is 50.1 Å². The first kappa shape index (κ1) is 21.3. The van der Waals surface area contributed by atoms with E-state index in [9.17, 15) is 9.59 Å². The van der Waals surface area contributed by atoms with E-state index >= 15 is 0 Å². The number of likely N-dealkylation sites (tertiary alicyclic amines) is 1. The van der Waals surface area contributed by atoms with Crippen LogP contribution < -0.4 is 4.74 Å². The zero-order valence-electron chi connectivity index (χ0n) is 17.3. The molecule has 0 bridgehead atoms. The zero-order valence-corrected chi connectivity index (χ0v) is 18.1. The van der Waals surface area contributed by atoms with Crippen LogP contribution in [0.5, 0.6) is 5.75 Å². The molecule has 1 aromatic heterocycles. The maximum Gasteiger partial charge on any atom is 0.351 e. The highest BCUT2D eigenvalue weighted by molar-refractivity contribution is 7.13. The van der Waals surface area contributed by atoms with Gasteiger partial charge in [0.25, 0.3) is 5.91 Å². The average molecular weight is 417 g/mol. The third-order valence-electron chi connectivity index (χ3n) is 4.96. The lowest BCUT2D eigenvalue weighted by atomic mass is 10.2. The number of aryl methyl sites for hydroxylation is 2. The number of benzene rings is 1. The monoisotopic (exact) mass is 416 g/mol. The number of aromatic nitrogens is 1. The van der Waals surface area contributed by atoms with Gasteiger partial charge in [0.1, 0.15) is 22.2 Å². The number of thiazole rings is 1. The summed E-state index contributed by atoms with van der Waals surface area (Å²) in [5.41, 5.74) is 1.76. The van der Waals surface area contributed by atoms with Crippen molar-refractivity contribution in [2.75, 3.05) is 13.1 Å². The fourth-order valence-corrected chi connectivity index (χ4v) is 4.16. The summed E-state index contributed by atoms with van der Waals surface area (Å²) in [5, 5.41) is 0.696. The fourth-order valence-electron chi connectivity index (χ4n) is 3.30. The van der Waals surface area contributed by atoms with Gasteiger partial charge in [0.15, 0.2) is 6.10 Å². The number of amides is 1. The molecule has 0 saturated carbocycles. The van der Waals surface area contributed by atoms with Crippen molar-refractivity contribution in [1.29, 1.82) is 0 Å². The van der Waals surface area contributed by atoms with Crippen LogP contribution in [0, 0.1) is 13.8 Å². The lowest BCUT2D eigenvalue weighted by Gasteiger charge is -2.23. The van der Waals surface area contributed by atoms with E-state index < -0.39 is 12.1 Å². The van der Waals surface area contributed by atoms with E-state index in [-0.39, 0.29) is 12.5 Å². The van der Waals surface area contributed by atoms with Gasteiger partial charge in [-0.3, -0.25) is 4.79 Å². The van der Waals surface area contributed by atoms with Crippen molar-refractivity contribution in [3.63, 3.8) is 0 Å². The van der Waals surface area contributed by atoms with Crippen LogP contribution >= 0.6 is 11.3 Å². The lowest BCUT2D eigenvalue weighted by molar-refractivity contribution is -0.139. The highest BCUT2D eigenvalue weighted by atomic mass is 32.1. The molecule has 3 rings (SSSR count). The van der Waals surface area contributed by atoms with Gasteiger partial charge in [0, 0.05) is 13.1 Å². The van der Waals surface area contributed by atoms with Crippen LogP contribution in [0.15, 0.2) is 24.3 Å². The van der Waals surface area contributed by atoms with E-state index in [0.29, 0.717) is 15.6 Å². The molecule has 1 fully saturated rings. The van der Waals surface area contributed by atoms with Crippen LogP contribution in [-0.2, 0) is 16.1 Å². The van der Waals surface area contributed by atoms with E-state index in [4.69, 9.17) is 9.47 Å². The van der Waals surface area contributed by atoms with E-state index in [1.165, 1.54) is 11.3 Å². The minimum Gasteiger partial charge on any atom is -0.486 e. The van der Waals surface area contributed by atoms with Gasteiger partial charge in [-0.15, -0.1) is 11.3 Å². The standard InChI is InChI=1S/C22H28N2O4S/c1-15-8-10-18(11-9-15)27-14-19-23-16(2)20(29-19)22(26)28-17(3)21(25)24-12-6-4-5-7-13-24/h8-11,17H,4-7,12-14H2,1-3H3/t17-/m0/s1. The Morgan fingerprint density at radius 1 is 1.10 bits per heavy atom. The van der Waals surface area contributed by atoms with Gasteiger partial charge in [-0.1, -0.05) is 30.5 Å². The van der Waals surface area contributed by atoms with E-state index in [1.54, 1.807) is 13.8 Å². The molecule has 7 heteroatoms. The highest BCUT2D eigenvalue weighted by Crippen LogP contribution is 2.22. The van der Waals surface area contributed by atoms with Gasteiger partial charge in [-0.05, 0) is 45.7 Å². The maximum atomic E-state index is 12.6. The third-order valence-corrected chi connectivity index (χ3v) is 6.07. The number of carbonyl (C=O) groups excluding carboxylic acids is 2. The molecule has 2 aromatic rings. The summed E-state index contributed by atoms with van der Waals surface area (Å²) >= 11 is 1.25. The van der Waals surface area contributed by atoms with Crippen molar-refractivity contribution < 1.29 is 19.1 Å². The second kappa shape index (κ2) is 9.87. The predicted molar refractivity (Wildman–Crippen MR) is 112 cm³/mol. The summed E-state index contributed by atoms with van der Waals surface area (Å²) in [7, 11) is 0. The van der Waals surface area contributed by atoms with Crippen molar-refractivity contribution in [2.45, 2.75) is 59.2 Å². The van der Waals surface area contributed by atoms with E-state index in [2.05, 4.69) is 4.98 Å². The molecule has 1 aliphatic heterocycles. The van der Waals surface area contributed by atoms with Gasteiger partial charge in [-0.25, -0.2) is 9.78 Å². The van der Waals surface area contributed by atoms with Crippen molar-refractivity contribution in [2.24, 2.45) is 0 Å². The van der Waals surface area contributed by atoms with Crippen molar-refractivity contribution in [1.82, 2.24) is 9.88 Å². The second-order valence-corrected chi connectivity index (χ2v) is 8.49. The maximum absolute atomic E-state index is 12.6. The van der Waals surface area contributed by atoms with Gasteiger partial charge >= 0.3 is 5.97 Å². The van der Waals surface area contributed by atoms with Gasteiger partial charge < -0.3 is 14.4 Å². The SMILES string of the molecule is Cc1ccc(OCc2nc(C)c(C(=O)O[C@@H](C)C(=O)N3CCCCCC3)s2)cc1. The topological polar surface area (TPSA) is 68.7 Å². The van der Waals surface area contributed by atoms with Crippen LogP contribution in [-0.4, -0.2) is 41.0 Å². The summed E-state index contributed by atoms with van der Waals surface area (Å²) in [6.07, 6.45) is 3.50. The second-order valence-electron chi connectivity index (χ2n) is 7.41. The Kier molecular flexibility index (Phi) is 7.25. The number of hydrogen-bond acceptors (Lipinski definition) is 6. The smallest absolute Gasteiger partial charge is 0.351 e. The lowest BCUT2D eigenvalue weighted by Crippen LogP contribution is -2.40. The Morgan fingerprint density at radius 2 is 1.76 bits per heavy atom. The molecule has 1 atom stereocenters. The fraction of sp³-hybridized carbons (Fsp3) is 0.500. The van der Waals surface area contributed by atoms with Gasteiger partial charge in [0.2, 0.25) is 0 Å². The highest BCUT2D eigenvalue weighted by Gasteiger charge is 2.26. The molecule has 1 aromatic carbocycles. The van der Waals surface area contributed by atoms with Crippen LogP contribution in [0.3, 0.4) is 0 Å². The molecule has 0 spiro atoms. The molecule has 156 valence electrons. The molecule has 1 aliphatic rings. The van der Waals surface area contributed by atoms with Crippen molar-refractivity contribution >= 4 is 23.2 Å². The normalized spacial score (nSPS) is 15.5. The number of rotatable bonds is 6. The van der Waals surface area contributed by atoms with Crippen LogP contribution in [0.1, 0.15) is 58.5 Å². The molecular formula is C22H28N2O4S. The molecule has 0 radical (unpaired) electrons. The van der Waals surface area contributed by atoms with Crippen molar-refractivity contribution in [3.05, 3.63) is 45.4 Å². The Labute approximate surface area is 175 Å².